The maximum atomic E-state index is 2.74. The van der Waals surface area contributed by atoms with Gasteiger partial charge in [-0.25, -0.2) is 0 Å². The SMILES string of the molecule is C1=CC(N(c2ccccc2)c2ccc3c(c2)C2(CCCC2)c2cccc4c5c(cc-3c24)C2(CCCC2)C2C=C(N(c3ccccc3)c3ccccc3)C=CC52)=CCC1. The van der Waals surface area contributed by atoms with Crippen molar-refractivity contribution in [2.24, 2.45) is 5.92 Å². The maximum Gasteiger partial charge on any atom is 0.0464 e. The van der Waals surface area contributed by atoms with Crippen molar-refractivity contribution in [1.82, 2.24) is 0 Å². The lowest BCUT2D eigenvalue weighted by Crippen LogP contribution is -2.31. The van der Waals surface area contributed by atoms with Crippen LogP contribution in [0.5, 0.6) is 0 Å². The molecule has 58 heavy (non-hydrogen) atoms. The first-order valence-electron chi connectivity index (χ1n) is 22.0. The lowest BCUT2D eigenvalue weighted by molar-refractivity contribution is 0.335. The van der Waals surface area contributed by atoms with E-state index in [0.717, 1.165) is 12.8 Å². The number of anilines is 4. The summed E-state index contributed by atoms with van der Waals surface area (Å²) < 4.78 is 0. The highest BCUT2D eigenvalue weighted by atomic mass is 15.2. The molecule has 12 rings (SSSR count). The number of hydrogen-bond acceptors (Lipinski definition) is 2. The van der Waals surface area contributed by atoms with Crippen LogP contribution in [0, 0.1) is 5.92 Å². The summed E-state index contributed by atoms with van der Waals surface area (Å²) in [5.74, 6) is 0.787. The summed E-state index contributed by atoms with van der Waals surface area (Å²) in [7, 11) is 0. The minimum Gasteiger partial charge on any atom is -0.311 e. The Morgan fingerprint density at radius 3 is 1.81 bits per heavy atom. The molecule has 0 saturated heterocycles. The van der Waals surface area contributed by atoms with E-state index in [1.165, 1.54) is 107 Å². The minimum atomic E-state index is 0.0234. The average Bonchev–Trinajstić information content (AvgIpc) is 4.05. The van der Waals surface area contributed by atoms with Crippen molar-refractivity contribution >= 4 is 33.5 Å². The molecule has 0 heterocycles. The standard InChI is InChI=1S/C56H50N2/c1-5-18-39(19-6-1)57(40-20-7-2-8-21-40)43-28-30-45-48-38-52-53(47-26-17-27-49(54(47)48)55(50(45)36-43)32-13-14-33-55)46-31-29-44(37-51(46)56(52)34-15-16-35-56)58(41-22-9-3-10-23-41)42-24-11-4-12-25-42/h1,3-7,9-12,17-31,36-38,46,51H,2,8,13-16,32-35H2. The van der Waals surface area contributed by atoms with Gasteiger partial charge in [0, 0.05) is 50.9 Å². The van der Waals surface area contributed by atoms with Crippen molar-refractivity contribution in [2.75, 3.05) is 9.80 Å². The summed E-state index contributed by atoms with van der Waals surface area (Å²) in [6.45, 7) is 0. The number of nitrogens with zero attached hydrogens (tertiary/aromatic N) is 2. The van der Waals surface area contributed by atoms with E-state index < -0.39 is 0 Å². The summed E-state index contributed by atoms with van der Waals surface area (Å²) >= 11 is 0. The molecular formula is C56H50N2. The second-order valence-corrected chi connectivity index (χ2v) is 17.8. The summed E-state index contributed by atoms with van der Waals surface area (Å²) in [5, 5.41) is 3.05. The van der Waals surface area contributed by atoms with Gasteiger partial charge in [0.15, 0.2) is 0 Å². The Hall–Kier alpha value is -5.86. The molecule has 2 nitrogen and oxygen atoms in total. The molecule has 2 unspecified atom stereocenters. The van der Waals surface area contributed by atoms with Crippen molar-refractivity contribution in [3.8, 4) is 11.1 Å². The molecule has 2 fully saturated rings. The van der Waals surface area contributed by atoms with Crippen LogP contribution in [0.4, 0.5) is 22.7 Å². The van der Waals surface area contributed by atoms with Crippen molar-refractivity contribution in [3.05, 3.63) is 204 Å². The van der Waals surface area contributed by atoms with Crippen molar-refractivity contribution < 1.29 is 0 Å². The first-order chi connectivity index (χ1) is 28.7. The van der Waals surface area contributed by atoms with Gasteiger partial charge in [-0.1, -0.05) is 129 Å². The summed E-state index contributed by atoms with van der Waals surface area (Å²) in [6.07, 6.45) is 27.1. The van der Waals surface area contributed by atoms with E-state index in [1.807, 2.05) is 0 Å². The Bertz CT molecular complexity index is 2650. The third-order valence-corrected chi connectivity index (χ3v) is 15.0. The summed E-state index contributed by atoms with van der Waals surface area (Å²) in [5.41, 5.74) is 16.9. The van der Waals surface area contributed by atoms with E-state index in [-0.39, 0.29) is 10.8 Å². The number of rotatable bonds is 6. The van der Waals surface area contributed by atoms with Crippen LogP contribution in [0.3, 0.4) is 0 Å². The highest BCUT2D eigenvalue weighted by Gasteiger charge is 2.54. The molecule has 0 radical (unpaired) electrons. The summed E-state index contributed by atoms with van der Waals surface area (Å²) in [4.78, 5) is 4.98. The van der Waals surface area contributed by atoms with Crippen LogP contribution in [0.25, 0.3) is 21.9 Å². The van der Waals surface area contributed by atoms with Crippen LogP contribution in [-0.2, 0) is 10.8 Å². The fraction of sp³-hybridized carbons (Fsp3) is 0.250. The van der Waals surface area contributed by atoms with E-state index in [1.54, 1.807) is 22.3 Å². The monoisotopic (exact) mass is 750 g/mol. The molecule has 0 N–H and O–H groups in total. The topological polar surface area (TPSA) is 6.48 Å². The largest absolute Gasteiger partial charge is 0.311 e. The zero-order valence-corrected chi connectivity index (χ0v) is 33.3. The fourth-order valence-corrected chi connectivity index (χ4v) is 12.6. The molecule has 0 amide bonds. The molecule has 2 atom stereocenters. The zero-order chi connectivity index (χ0) is 38.3. The van der Waals surface area contributed by atoms with E-state index in [0.29, 0.717) is 11.8 Å². The smallest absolute Gasteiger partial charge is 0.0464 e. The van der Waals surface area contributed by atoms with Crippen LogP contribution in [0.2, 0.25) is 0 Å². The Balaban J connectivity index is 1.06. The van der Waals surface area contributed by atoms with Gasteiger partial charge in [-0.3, -0.25) is 0 Å². The molecule has 0 bridgehead atoms. The summed E-state index contributed by atoms with van der Waals surface area (Å²) in [6, 6.07) is 50.7. The van der Waals surface area contributed by atoms with Gasteiger partial charge in [0.05, 0.1) is 0 Å². The van der Waals surface area contributed by atoms with Crippen LogP contribution in [0.1, 0.15) is 92.4 Å². The van der Waals surface area contributed by atoms with Crippen molar-refractivity contribution in [3.63, 3.8) is 0 Å². The third kappa shape index (κ3) is 4.97. The zero-order valence-electron chi connectivity index (χ0n) is 33.3. The fourth-order valence-electron chi connectivity index (χ4n) is 12.6. The molecule has 2 saturated carbocycles. The molecule has 2 spiro atoms. The van der Waals surface area contributed by atoms with E-state index in [2.05, 4.69) is 180 Å². The van der Waals surface area contributed by atoms with Crippen LogP contribution in [-0.4, -0.2) is 0 Å². The molecule has 6 aliphatic rings. The highest BCUT2D eigenvalue weighted by Crippen LogP contribution is 2.65. The first-order valence-corrected chi connectivity index (χ1v) is 22.0. The normalized spacial score (nSPS) is 21.4. The number of hydrogen-bond donors (Lipinski definition) is 0. The molecule has 284 valence electrons. The van der Waals surface area contributed by atoms with Gasteiger partial charge in [-0.05, 0) is 155 Å². The Morgan fingerprint density at radius 1 is 0.500 bits per heavy atom. The lowest BCUT2D eigenvalue weighted by Gasteiger charge is -2.40. The van der Waals surface area contributed by atoms with Gasteiger partial charge in [0.1, 0.15) is 0 Å². The number of benzene rings is 6. The highest BCUT2D eigenvalue weighted by molar-refractivity contribution is 6.07. The first kappa shape index (κ1) is 34.2. The quantitative estimate of drug-likeness (QED) is 0.167. The van der Waals surface area contributed by atoms with Crippen molar-refractivity contribution in [1.29, 1.82) is 0 Å². The predicted octanol–water partition coefficient (Wildman–Crippen LogP) is 14.9. The van der Waals surface area contributed by atoms with E-state index >= 15 is 0 Å². The van der Waals surface area contributed by atoms with E-state index in [9.17, 15) is 0 Å². The van der Waals surface area contributed by atoms with Crippen LogP contribution < -0.4 is 9.80 Å². The molecule has 0 aliphatic heterocycles. The van der Waals surface area contributed by atoms with Gasteiger partial charge in [-0.2, -0.15) is 0 Å². The van der Waals surface area contributed by atoms with Gasteiger partial charge in [-0.15, -0.1) is 0 Å². The molecule has 6 aromatic rings. The Labute approximate surface area is 343 Å². The molecular weight excluding hydrogens is 701 g/mol. The van der Waals surface area contributed by atoms with Crippen LogP contribution in [0.15, 0.2) is 181 Å². The second kappa shape index (κ2) is 13.3. The molecule has 6 aliphatic carbocycles. The minimum absolute atomic E-state index is 0.0234. The number of para-hydroxylation sites is 3. The average molecular weight is 751 g/mol. The maximum absolute atomic E-state index is 2.74. The van der Waals surface area contributed by atoms with Gasteiger partial charge >= 0.3 is 0 Å². The van der Waals surface area contributed by atoms with E-state index in [4.69, 9.17) is 0 Å². The number of allylic oxidation sites excluding steroid dienone is 6. The van der Waals surface area contributed by atoms with Gasteiger partial charge in [0.25, 0.3) is 0 Å². The molecule has 2 heteroatoms. The third-order valence-electron chi connectivity index (χ3n) is 15.0. The van der Waals surface area contributed by atoms with Gasteiger partial charge < -0.3 is 9.80 Å². The van der Waals surface area contributed by atoms with Crippen LogP contribution >= 0.6 is 0 Å². The molecule has 0 aromatic heterocycles. The van der Waals surface area contributed by atoms with Gasteiger partial charge in [0.2, 0.25) is 0 Å². The predicted molar refractivity (Wildman–Crippen MR) is 242 cm³/mol. The van der Waals surface area contributed by atoms with Crippen molar-refractivity contribution in [2.45, 2.75) is 81.0 Å². The molecule has 6 aromatic carbocycles. The lowest BCUT2D eigenvalue weighted by atomic mass is 9.64. The Kier molecular flexibility index (Phi) is 7.87. The Morgan fingerprint density at radius 2 is 1.16 bits per heavy atom. The second-order valence-electron chi connectivity index (χ2n) is 17.8. The number of fused-ring (bicyclic) bond motifs is 10.